The lowest BCUT2D eigenvalue weighted by molar-refractivity contribution is -0.184. The maximum atomic E-state index is 14.9. The fourth-order valence-electron chi connectivity index (χ4n) is 6.23. The predicted octanol–water partition coefficient (Wildman–Crippen LogP) is 0.397. The quantitative estimate of drug-likeness (QED) is 0.264. The van der Waals surface area contributed by atoms with Crippen LogP contribution in [0, 0.1) is 5.82 Å². The van der Waals surface area contributed by atoms with E-state index in [2.05, 4.69) is 19.9 Å². The largest absolute Gasteiger partial charge is 0.472 e. The number of phosphoric ester groups is 1. The van der Waals surface area contributed by atoms with Crippen LogP contribution in [0.3, 0.4) is 0 Å². The standard InChI is InChI=1S/C23H24FN7O12P2S/c24-9-3-30(19-12(9)10(32)1-2-26-19)21-15-14(33)11(40-21)4-38-45(36,46)43-17-16-22(31-8-29-13-18(25)27-7-28-20(13)31)41-23(17,5-37-16)6-39-44(34,35)42-15/h2-3,7-8,11,14-17,21-22,33H,1,4-6H2,(H,34,35)(H,36,46)(H2,25,27,28)/t11-,14-,15-,16-,17+,21-,22-,23-,45?/m1/s1. The zero-order valence-electron chi connectivity index (χ0n) is 23.1. The summed E-state index contributed by atoms with van der Waals surface area (Å²) in [6, 6.07) is 0. The Morgan fingerprint density at radius 3 is 2.76 bits per heavy atom. The van der Waals surface area contributed by atoms with Crippen molar-refractivity contribution in [3.8, 4) is 0 Å². The molecule has 0 amide bonds. The summed E-state index contributed by atoms with van der Waals surface area (Å²) in [4.78, 5) is 50.8. The highest BCUT2D eigenvalue weighted by molar-refractivity contribution is 8.07. The van der Waals surface area contributed by atoms with E-state index in [9.17, 15) is 28.6 Å². The lowest BCUT2D eigenvalue weighted by atomic mass is 10.0. The molecule has 0 aliphatic carbocycles. The normalized spacial score (nSPS) is 40.8. The molecule has 5 aliphatic heterocycles. The first-order chi connectivity index (χ1) is 21.9. The van der Waals surface area contributed by atoms with Crippen LogP contribution in [-0.2, 0) is 48.7 Å². The first-order valence-electron chi connectivity index (χ1n) is 13.7. The number of hydrogen-bond acceptors (Lipinski definition) is 16. The molecule has 0 aromatic carbocycles. The van der Waals surface area contributed by atoms with Crippen molar-refractivity contribution in [1.29, 1.82) is 0 Å². The van der Waals surface area contributed by atoms with Crippen molar-refractivity contribution >= 4 is 61.1 Å². The molecule has 2 unspecified atom stereocenters. The summed E-state index contributed by atoms with van der Waals surface area (Å²) in [5.41, 5.74) is 4.54. The topological polar surface area (TPSA) is 246 Å². The monoisotopic (exact) mass is 703 g/mol. The SMILES string of the molecule is Nc1ncnc2c1ncn2[C@@H]1O[C@@]23CO[C@@H]1[C@@H]2OP(O)(=S)OC[C@H]1O[C@@H](n2cc(F)c4c2N=CCC4=O)[C@H](OP(=O)(O)OC3)[C@@H]1O. The van der Waals surface area contributed by atoms with Gasteiger partial charge in [0, 0.05) is 18.8 Å². The molecule has 0 radical (unpaired) electrons. The van der Waals surface area contributed by atoms with Gasteiger partial charge in [0.15, 0.2) is 35.5 Å². The van der Waals surface area contributed by atoms with Crippen molar-refractivity contribution in [2.75, 3.05) is 25.6 Å². The van der Waals surface area contributed by atoms with Crippen LogP contribution in [0.25, 0.3) is 11.2 Å². The maximum absolute atomic E-state index is 14.9. The van der Waals surface area contributed by atoms with Gasteiger partial charge in [0.25, 0.3) is 0 Å². The Morgan fingerprint density at radius 2 is 1.93 bits per heavy atom. The number of ether oxygens (including phenoxy) is 3. The molecular formula is C23H24FN7O12P2S. The van der Waals surface area contributed by atoms with Crippen LogP contribution in [0.15, 0.2) is 23.8 Å². The summed E-state index contributed by atoms with van der Waals surface area (Å²) >= 11 is 5.29. The average molecular weight is 703 g/mol. The molecule has 0 saturated carbocycles. The molecule has 10 atom stereocenters. The van der Waals surface area contributed by atoms with Gasteiger partial charge in [-0.15, -0.1) is 0 Å². The van der Waals surface area contributed by atoms with E-state index >= 15 is 0 Å². The second-order valence-corrected chi connectivity index (χ2v) is 15.3. The number of fused-ring (bicyclic) bond motifs is 4. The zero-order valence-corrected chi connectivity index (χ0v) is 25.7. The molecule has 19 nitrogen and oxygen atoms in total. The molecule has 5 aliphatic rings. The molecular weight excluding hydrogens is 679 g/mol. The number of Topliss-reactive ketones (excluding diaryl/α,β-unsaturated/α-hetero) is 1. The summed E-state index contributed by atoms with van der Waals surface area (Å²) in [7, 11) is -5.09. The Balaban J connectivity index is 1.13. The van der Waals surface area contributed by atoms with Crippen molar-refractivity contribution in [2.45, 2.75) is 55.0 Å². The van der Waals surface area contributed by atoms with Gasteiger partial charge in [-0.3, -0.25) is 22.9 Å². The zero-order chi connectivity index (χ0) is 32.2. The number of imidazole rings is 1. The molecule has 246 valence electrons. The van der Waals surface area contributed by atoms with Gasteiger partial charge in [-0.05, 0) is 11.8 Å². The molecule has 4 fully saturated rings. The van der Waals surface area contributed by atoms with E-state index in [1.807, 2.05) is 0 Å². The van der Waals surface area contributed by atoms with Crippen LogP contribution in [0.2, 0.25) is 0 Å². The van der Waals surface area contributed by atoms with Gasteiger partial charge in [-0.25, -0.2) is 28.9 Å². The number of hydrogen-bond donors (Lipinski definition) is 4. The number of carbonyl (C=O) groups is 1. The van der Waals surface area contributed by atoms with Gasteiger partial charge in [0.1, 0.15) is 53.8 Å². The number of carbonyl (C=O) groups excluding carboxylic acids is 1. The Kier molecular flexibility index (Phi) is 7.14. The van der Waals surface area contributed by atoms with Crippen LogP contribution < -0.4 is 5.73 Å². The van der Waals surface area contributed by atoms with E-state index in [4.69, 9.17) is 49.8 Å². The minimum Gasteiger partial charge on any atom is -0.387 e. The number of nitrogens with two attached hydrogens (primary N) is 1. The number of halogens is 1. The number of nitrogen functional groups attached to an aromatic ring is 1. The fraction of sp³-hybridized carbons (Fsp3) is 0.522. The van der Waals surface area contributed by atoms with Gasteiger partial charge >= 0.3 is 14.5 Å². The minimum atomic E-state index is -5.09. The van der Waals surface area contributed by atoms with Gasteiger partial charge in [-0.1, -0.05) is 0 Å². The number of aliphatic hydroxyl groups excluding tert-OH is 1. The second-order valence-electron chi connectivity index (χ2n) is 11.1. The summed E-state index contributed by atoms with van der Waals surface area (Å²) in [5, 5.41) is 11.1. The van der Waals surface area contributed by atoms with Gasteiger partial charge in [0.05, 0.1) is 31.7 Å². The van der Waals surface area contributed by atoms with E-state index in [0.717, 1.165) is 10.8 Å². The number of rotatable bonds is 2. The average Bonchev–Trinajstić information content (AvgIpc) is 3.80. The van der Waals surface area contributed by atoms with E-state index in [0.29, 0.717) is 0 Å². The number of anilines is 1. The van der Waals surface area contributed by atoms with Gasteiger partial charge < -0.3 is 43.9 Å². The van der Waals surface area contributed by atoms with E-state index in [-0.39, 0.29) is 41.4 Å². The van der Waals surface area contributed by atoms with E-state index in [1.165, 1.54) is 23.4 Å². The number of nitrogens with zero attached hydrogens (tertiary/aromatic N) is 6. The molecule has 46 heavy (non-hydrogen) atoms. The first-order valence-corrected chi connectivity index (χ1v) is 17.8. The summed E-state index contributed by atoms with van der Waals surface area (Å²) < 4.78 is 71.3. The Labute approximate surface area is 261 Å². The molecule has 3 aromatic heterocycles. The molecule has 3 aromatic rings. The Bertz CT molecular complexity index is 1890. The third-order valence-electron chi connectivity index (χ3n) is 8.33. The highest BCUT2D eigenvalue weighted by Gasteiger charge is 2.65. The van der Waals surface area contributed by atoms with Crippen molar-refractivity contribution in [3.63, 3.8) is 0 Å². The molecule has 0 spiro atoms. The van der Waals surface area contributed by atoms with Crippen LogP contribution in [-0.4, -0.2) is 107 Å². The minimum absolute atomic E-state index is 0.115. The van der Waals surface area contributed by atoms with Crippen molar-refractivity contribution in [2.24, 2.45) is 4.99 Å². The highest BCUT2D eigenvalue weighted by Crippen LogP contribution is 2.58. The Morgan fingerprint density at radius 1 is 1.11 bits per heavy atom. The third kappa shape index (κ3) is 4.81. The third-order valence-corrected chi connectivity index (χ3v) is 10.8. The lowest BCUT2D eigenvalue weighted by Gasteiger charge is -2.32. The first kappa shape index (κ1) is 30.7. The molecule has 4 saturated heterocycles. The van der Waals surface area contributed by atoms with Gasteiger partial charge in [-0.2, -0.15) is 0 Å². The molecule has 5 N–H and O–H groups in total. The molecule has 4 bridgehead atoms. The maximum Gasteiger partial charge on any atom is 0.472 e. The number of aliphatic hydroxyl groups is 1. The number of aromatic nitrogens is 5. The summed E-state index contributed by atoms with van der Waals surface area (Å²) in [6.45, 7) is -5.68. The summed E-state index contributed by atoms with van der Waals surface area (Å²) in [6.07, 6.45) is -4.77. The number of phosphoric acid groups is 1. The van der Waals surface area contributed by atoms with Gasteiger partial charge in [0.2, 0.25) is 0 Å². The second kappa shape index (κ2) is 10.7. The van der Waals surface area contributed by atoms with E-state index in [1.54, 1.807) is 0 Å². The Hall–Kier alpha value is -2.62. The van der Waals surface area contributed by atoms with Crippen molar-refractivity contribution < 1.29 is 60.9 Å². The van der Waals surface area contributed by atoms with E-state index < -0.39 is 87.9 Å². The molecule has 23 heteroatoms. The highest BCUT2D eigenvalue weighted by atomic mass is 32.5. The molecule has 8 heterocycles. The smallest absolute Gasteiger partial charge is 0.387 e. The molecule has 8 rings (SSSR count). The van der Waals surface area contributed by atoms with Crippen LogP contribution in [0.5, 0.6) is 0 Å². The van der Waals surface area contributed by atoms with Crippen LogP contribution in [0.1, 0.15) is 29.2 Å². The number of ketones is 1. The van der Waals surface area contributed by atoms with Crippen LogP contribution in [0.4, 0.5) is 16.0 Å². The lowest BCUT2D eigenvalue weighted by Crippen LogP contribution is -2.45. The van der Waals surface area contributed by atoms with Crippen molar-refractivity contribution in [1.82, 2.24) is 24.1 Å². The fourth-order valence-corrected chi connectivity index (χ4v) is 8.66. The number of aliphatic imine (C=N–C) groups is 1. The predicted molar refractivity (Wildman–Crippen MR) is 152 cm³/mol. The van der Waals surface area contributed by atoms with Crippen molar-refractivity contribution in [3.05, 3.63) is 30.2 Å². The summed E-state index contributed by atoms with van der Waals surface area (Å²) in [5.74, 6) is -1.50. The van der Waals surface area contributed by atoms with Crippen LogP contribution >= 0.6 is 14.5 Å².